The molecule has 106 valence electrons. The molecule has 0 aliphatic carbocycles. The molecule has 1 atom stereocenters. The highest BCUT2D eigenvalue weighted by Gasteiger charge is 2.24. The van der Waals surface area contributed by atoms with Gasteiger partial charge in [-0.3, -0.25) is 4.90 Å². The van der Waals surface area contributed by atoms with E-state index < -0.39 is 0 Å². The van der Waals surface area contributed by atoms with Crippen molar-refractivity contribution in [3.63, 3.8) is 0 Å². The van der Waals surface area contributed by atoms with Gasteiger partial charge in [0.2, 0.25) is 0 Å². The van der Waals surface area contributed by atoms with E-state index in [9.17, 15) is 0 Å². The molecule has 0 aromatic heterocycles. The van der Waals surface area contributed by atoms with E-state index in [0.717, 1.165) is 6.54 Å². The Labute approximate surface area is 122 Å². The molecular weight excluding hydrogens is 244 g/mol. The topological polar surface area (TPSA) is 38.2 Å². The van der Waals surface area contributed by atoms with E-state index in [0.29, 0.717) is 6.04 Å². The highest BCUT2D eigenvalue weighted by molar-refractivity contribution is 5.18. The van der Waals surface area contributed by atoms with Crippen LogP contribution in [0.1, 0.15) is 24.0 Å². The van der Waals surface area contributed by atoms with Crippen LogP contribution in [0.15, 0.2) is 60.7 Å². The molecule has 2 aromatic rings. The van der Waals surface area contributed by atoms with Crippen LogP contribution < -0.4 is 6.15 Å². The van der Waals surface area contributed by atoms with Gasteiger partial charge in [-0.2, -0.15) is 0 Å². The Morgan fingerprint density at radius 2 is 1.45 bits per heavy atom. The van der Waals surface area contributed by atoms with Crippen molar-refractivity contribution in [2.24, 2.45) is 0 Å². The second-order valence-electron chi connectivity index (χ2n) is 5.44. The summed E-state index contributed by atoms with van der Waals surface area (Å²) in [7, 11) is 0. The van der Waals surface area contributed by atoms with Crippen molar-refractivity contribution in [1.82, 2.24) is 11.1 Å². The number of likely N-dealkylation sites (tertiary alicyclic amines) is 1. The lowest BCUT2D eigenvalue weighted by molar-refractivity contribution is 0.244. The third-order valence-corrected chi connectivity index (χ3v) is 4.04. The SMILES string of the molecule is N.c1ccc(CC2CCCN2Cc2ccccc2)cc1. The number of nitrogens with zero attached hydrogens (tertiary/aromatic N) is 1. The lowest BCUT2D eigenvalue weighted by Crippen LogP contribution is -2.30. The van der Waals surface area contributed by atoms with Gasteiger partial charge in [-0.25, -0.2) is 0 Å². The number of hydrogen-bond donors (Lipinski definition) is 1. The molecule has 1 unspecified atom stereocenters. The van der Waals surface area contributed by atoms with E-state index in [1.165, 1.54) is 36.9 Å². The third-order valence-electron chi connectivity index (χ3n) is 4.04. The van der Waals surface area contributed by atoms with E-state index in [1.807, 2.05) is 0 Å². The molecule has 1 heterocycles. The van der Waals surface area contributed by atoms with E-state index in [-0.39, 0.29) is 6.15 Å². The van der Waals surface area contributed by atoms with Crippen LogP contribution in [0.4, 0.5) is 0 Å². The second-order valence-corrected chi connectivity index (χ2v) is 5.44. The Bertz CT molecular complexity index is 448. The van der Waals surface area contributed by atoms with Gasteiger partial charge < -0.3 is 6.15 Å². The normalized spacial score (nSPS) is 18.7. The second kappa shape index (κ2) is 7.22. The molecule has 1 fully saturated rings. The summed E-state index contributed by atoms with van der Waals surface area (Å²) in [5, 5.41) is 0. The Morgan fingerprint density at radius 1 is 0.850 bits per heavy atom. The molecule has 2 heteroatoms. The van der Waals surface area contributed by atoms with E-state index in [2.05, 4.69) is 65.6 Å². The first kappa shape index (κ1) is 14.8. The molecule has 0 spiro atoms. The zero-order valence-electron chi connectivity index (χ0n) is 12.0. The summed E-state index contributed by atoms with van der Waals surface area (Å²) in [5.41, 5.74) is 2.90. The molecular formula is C18H24N2. The van der Waals surface area contributed by atoms with Gasteiger partial charge in [0.05, 0.1) is 0 Å². The van der Waals surface area contributed by atoms with Crippen LogP contribution in [0.25, 0.3) is 0 Å². The summed E-state index contributed by atoms with van der Waals surface area (Å²) >= 11 is 0. The fourth-order valence-corrected chi connectivity index (χ4v) is 3.04. The van der Waals surface area contributed by atoms with Crippen molar-refractivity contribution >= 4 is 0 Å². The third kappa shape index (κ3) is 3.69. The Morgan fingerprint density at radius 3 is 2.10 bits per heavy atom. The van der Waals surface area contributed by atoms with Crippen molar-refractivity contribution in [3.05, 3.63) is 71.8 Å². The standard InChI is InChI=1S/C18H21N.H3N/c1-3-8-16(9-4-1)14-18-12-7-13-19(18)15-17-10-5-2-6-11-17;/h1-6,8-11,18H,7,12-15H2;1H3. The van der Waals surface area contributed by atoms with Crippen molar-refractivity contribution in [2.75, 3.05) is 6.54 Å². The molecule has 3 N–H and O–H groups in total. The average Bonchev–Trinajstić information content (AvgIpc) is 2.88. The molecule has 2 aromatic carbocycles. The van der Waals surface area contributed by atoms with Crippen molar-refractivity contribution < 1.29 is 0 Å². The molecule has 20 heavy (non-hydrogen) atoms. The molecule has 0 bridgehead atoms. The molecule has 1 saturated heterocycles. The molecule has 1 aliphatic rings. The lowest BCUT2D eigenvalue weighted by atomic mass is 10.0. The molecule has 0 radical (unpaired) electrons. The number of hydrogen-bond acceptors (Lipinski definition) is 2. The fourth-order valence-electron chi connectivity index (χ4n) is 3.04. The Balaban J connectivity index is 0.00000147. The zero-order chi connectivity index (χ0) is 12.9. The van der Waals surface area contributed by atoms with Gasteiger partial charge in [-0.15, -0.1) is 0 Å². The lowest BCUT2D eigenvalue weighted by Gasteiger charge is -2.24. The maximum Gasteiger partial charge on any atom is 0.0236 e. The molecule has 1 aliphatic heterocycles. The van der Waals surface area contributed by atoms with Gasteiger partial charge in [-0.1, -0.05) is 60.7 Å². The van der Waals surface area contributed by atoms with Crippen LogP contribution in [0.5, 0.6) is 0 Å². The molecule has 3 rings (SSSR count). The smallest absolute Gasteiger partial charge is 0.0236 e. The number of rotatable bonds is 4. The zero-order valence-corrected chi connectivity index (χ0v) is 12.0. The highest BCUT2D eigenvalue weighted by atomic mass is 15.2. The predicted molar refractivity (Wildman–Crippen MR) is 85.0 cm³/mol. The first-order valence-electron chi connectivity index (χ1n) is 7.24. The van der Waals surface area contributed by atoms with Crippen LogP contribution in [-0.2, 0) is 13.0 Å². The molecule has 2 nitrogen and oxygen atoms in total. The van der Waals surface area contributed by atoms with Crippen molar-refractivity contribution in [1.29, 1.82) is 0 Å². The van der Waals surface area contributed by atoms with Crippen LogP contribution >= 0.6 is 0 Å². The predicted octanol–water partition coefficient (Wildman–Crippen LogP) is 4.06. The highest BCUT2D eigenvalue weighted by Crippen LogP contribution is 2.23. The first-order chi connectivity index (χ1) is 9.42. The van der Waals surface area contributed by atoms with Gasteiger partial charge in [-0.05, 0) is 36.9 Å². The van der Waals surface area contributed by atoms with Gasteiger partial charge in [0, 0.05) is 12.6 Å². The van der Waals surface area contributed by atoms with Gasteiger partial charge >= 0.3 is 0 Å². The largest absolute Gasteiger partial charge is 0.344 e. The molecule has 0 saturated carbocycles. The maximum atomic E-state index is 2.64. The molecule has 0 amide bonds. The minimum Gasteiger partial charge on any atom is -0.344 e. The summed E-state index contributed by atoms with van der Waals surface area (Å²) in [4.78, 5) is 2.64. The summed E-state index contributed by atoms with van der Waals surface area (Å²) in [5.74, 6) is 0. The van der Waals surface area contributed by atoms with E-state index in [1.54, 1.807) is 0 Å². The van der Waals surface area contributed by atoms with E-state index >= 15 is 0 Å². The van der Waals surface area contributed by atoms with Gasteiger partial charge in [0.15, 0.2) is 0 Å². The van der Waals surface area contributed by atoms with Crippen LogP contribution in [0.2, 0.25) is 0 Å². The van der Waals surface area contributed by atoms with Gasteiger partial charge in [0.25, 0.3) is 0 Å². The summed E-state index contributed by atoms with van der Waals surface area (Å²) < 4.78 is 0. The fraction of sp³-hybridized carbons (Fsp3) is 0.333. The first-order valence-corrected chi connectivity index (χ1v) is 7.24. The maximum absolute atomic E-state index is 2.64. The van der Waals surface area contributed by atoms with Crippen LogP contribution in [0.3, 0.4) is 0 Å². The van der Waals surface area contributed by atoms with Crippen LogP contribution in [-0.4, -0.2) is 17.5 Å². The van der Waals surface area contributed by atoms with Gasteiger partial charge in [0.1, 0.15) is 0 Å². The minimum absolute atomic E-state index is 0. The average molecular weight is 268 g/mol. The number of benzene rings is 2. The monoisotopic (exact) mass is 268 g/mol. The minimum atomic E-state index is 0. The Kier molecular flexibility index (Phi) is 5.33. The van der Waals surface area contributed by atoms with Crippen molar-refractivity contribution in [3.8, 4) is 0 Å². The van der Waals surface area contributed by atoms with Crippen LogP contribution in [0, 0.1) is 0 Å². The van der Waals surface area contributed by atoms with E-state index in [4.69, 9.17) is 0 Å². The summed E-state index contributed by atoms with van der Waals surface area (Å²) in [6.07, 6.45) is 3.86. The Hall–Kier alpha value is -1.64. The summed E-state index contributed by atoms with van der Waals surface area (Å²) in [6.45, 7) is 2.34. The van der Waals surface area contributed by atoms with Crippen molar-refractivity contribution in [2.45, 2.75) is 31.8 Å². The summed E-state index contributed by atoms with van der Waals surface area (Å²) in [6, 6.07) is 22.4. The quantitative estimate of drug-likeness (QED) is 0.908.